The molecule has 0 spiro atoms. The molecule has 0 unspecified atom stereocenters. The van der Waals surface area contributed by atoms with Gasteiger partial charge in [-0.3, -0.25) is 14.3 Å². The maximum atomic E-state index is 12.6. The molecule has 4 rings (SSSR count). The van der Waals surface area contributed by atoms with Crippen LogP contribution < -0.4 is 5.32 Å². The number of benzene rings is 2. The molecule has 3 aromatic rings. The predicted molar refractivity (Wildman–Crippen MR) is 108 cm³/mol. The van der Waals surface area contributed by atoms with Gasteiger partial charge in [-0.05, 0) is 28.8 Å². The fourth-order valence-corrected chi connectivity index (χ4v) is 3.83. The summed E-state index contributed by atoms with van der Waals surface area (Å²) < 4.78 is 1.71. The van der Waals surface area contributed by atoms with E-state index in [9.17, 15) is 9.59 Å². The van der Waals surface area contributed by atoms with E-state index in [1.807, 2.05) is 30.0 Å². The quantitative estimate of drug-likeness (QED) is 0.719. The van der Waals surface area contributed by atoms with Gasteiger partial charge in [0.15, 0.2) is 0 Å². The van der Waals surface area contributed by atoms with Gasteiger partial charge in [-0.1, -0.05) is 49.4 Å². The van der Waals surface area contributed by atoms with Crippen molar-refractivity contribution in [2.24, 2.45) is 0 Å². The SMILES string of the molecule is CCCn1nccc1C(=O)N[C@@H]1CC(=O)N(Cc2cccc3ccccc23)C1. The third kappa shape index (κ3) is 3.63. The number of fused-ring (bicyclic) bond motifs is 1. The van der Waals surface area contributed by atoms with Crippen LogP contribution in [0.2, 0.25) is 0 Å². The number of likely N-dealkylation sites (tertiary alicyclic amines) is 1. The summed E-state index contributed by atoms with van der Waals surface area (Å²) in [6.07, 6.45) is 2.87. The number of aryl methyl sites for hydroxylation is 1. The molecule has 2 heterocycles. The van der Waals surface area contributed by atoms with Crippen LogP contribution in [0, 0.1) is 0 Å². The summed E-state index contributed by atoms with van der Waals surface area (Å²) in [5.41, 5.74) is 1.67. The Kier molecular flexibility index (Phi) is 5.10. The van der Waals surface area contributed by atoms with Crippen LogP contribution in [0.1, 0.15) is 35.8 Å². The lowest BCUT2D eigenvalue weighted by Crippen LogP contribution is -2.38. The third-order valence-corrected chi connectivity index (χ3v) is 5.18. The minimum atomic E-state index is -0.181. The summed E-state index contributed by atoms with van der Waals surface area (Å²) in [5, 5.41) is 9.52. The molecule has 0 bridgehead atoms. The summed E-state index contributed by atoms with van der Waals surface area (Å²) >= 11 is 0. The molecule has 0 radical (unpaired) electrons. The molecule has 2 aromatic carbocycles. The number of hydrogen-bond donors (Lipinski definition) is 1. The Morgan fingerprint density at radius 2 is 2.00 bits per heavy atom. The smallest absolute Gasteiger partial charge is 0.269 e. The van der Waals surface area contributed by atoms with Gasteiger partial charge >= 0.3 is 0 Å². The molecule has 144 valence electrons. The zero-order valence-corrected chi connectivity index (χ0v) is 16.0. The molecule has 1 aliphatic rings. The molecule has 2 amide bonds. The van der Waals surface area contributed by atoms with Gasteiger partial charge in [-0.2, -0.15) is 5.10 Å². The minimum absolute atomic E-state index is 0.0697. The highest BCUT2D eigenvalue weighted by Crippen LogP contribution is 2.22. The van der Waals surface area contributed by atoms with E-state index in [-0.39, 0.29) is 17.9 Å². The first kappa shape index (κ1) is 18.2. The number of nitrogens with zero attached hydrogens (tertiary/aromatic N) is 3. The molecule has 6 nitrogen and oxygen atoms in total. The Balaban J connectivity index is 1.44. The predicted octanol–water partition coefficient (Wildman–Crippen LogP) is 2.98. The van der Waals surface area contributed by atoms with Crippen molar-refractivity contribution in [1.29, 1.82) is 0 Å². The zero-order chi connectivity index (χ0) is 19.5. The van der Waals surface area contributed by atoms with Crippen LogP contribution in [0.15, 0.2) is 54.7 Å². The maximum Gasteiger partial charge on any atom is 0.269 e. The molecule has 1 aromatic heterocycles. The zero-order valence-electron chi connectivity index (χ0n) is 16.0. The molecule has 1 N–H and O–H groups in total. The van der Waals surface area contributed by atoms with Crippen molar-refractivity contribution in [3.05, 3.63) is 66.0 Å². The van der Waals surface area contributed by atoms with Gasteiger partial charge in [0.1, 0.15) is 5.69 Å². The van der Waals surface area contributed by atoms with Gasteiger partial charge in [0.25, 0.3) is 5.91 Å². The van der Waals surface area contributed by atoms with Gasteiger partial charge < -0.3 is 10.2 Å². The van der Waals surface area contributed by atoms with Crippen molar-refractivity contribution in [1.82, 2.24) is 20.0 Å². The van der Waals surface area contributed by atoms with Crippen molar-refractivity contribution in [3.8, 4) is 0 Å². The average Bonchev–Trinajstić information content (AvgIpc) is 3.29. The first-order valence-electron chi connectivity index (χ1n) is 9.73. The van der Waals surface area contributed by atoms with Crippen molar-refractivity contribution in [2.75, 3.05) is 6.54 Å². The summed E-state index contributed by atoms with van der Waals surface area (Å²) in [4.78, 5) is 27.0. The number of aromatic nitrogens is 2. The van der Waals surface area contributed by atoms with Crippen LogP contribution in [0.4, 0.5) is 0 Å². The Bertz CT molecular complexity index is 1010. The topological polar surface area (TPSA) is 67.2 Å². The highest BCUT2D eigenvalue weighted by molar-refractivity contribution is 5.93. The second-order valence-corrected chi connectivity index (χ2v) is 7.23. The minimum Gasteiger partial charge on any atom is -0.346 e. The Morgan fingerprint density at radius 3 is 2.86 bits per heavy atom. The third-order valence-electron chi connectivity index (χ3n) is 5.18. The van der Waals surface area contributed by atoms with E-state index in [0.717, 1.165) is 17.4 Å². The summed E-state index contributed by atoms with van der Waals surface area (Å²) in [6, 6.07) is 15.9. The summed E-state index contributed by atoms with van der Waals surface area (Å²) in [5.74, 6) is -0.101. The van der Waals surface area contributed by atoms with Crippen molar-refractivity contribution in [3.63, 3.8) is 0 Å². The number of rotatable bonds is 6. The Morgan fingerprint density at radius 1 is 1.18 bits per heavy atom. The van der Waals surface area contributed by atoms with Gasteiger partial charge in [0.05, 0.1) is 6.04 Å². The number of carbonyl (C=O) groups excluding carboxylic acids is 2. The van der Waals surface area contributed by atoms with Gasteiger partial charge in [-0.25, -0.2) is 0 Å². The van der Waals surface area contributed by atoms with Gasteiger partial charge in [-0.15, -0.1) is 0 Å². The number of carbonyl (C=O) groups is 2. The lowest BCUT2D eigenvalue weighted by Gasteiger charge is -2.18. The van der Waals surface area contributed by atoms with E-state index in [1.165, 1.54) is 5.39 Å². The van der Waals surface area contributed by atoms with Crippen molar-refractivity contribution < 1.29 is 9.59 Å². The van der Waals surface area contributed by atoms with E-state index in [2.05, 4.69) is 34.7 Å². The van der Waals surface area contributed by atoms with E-state index in [1.54, 1.807) is 16.9 Å². The second-order valence-electron chi connectivity index (χ2n) is 7.23. The molecule has 1 fully saturated rings. The largest absolute Gasteiger partial charge is 0.346 e. The normalized spacial score (nSPS) is 16.7. The summed E-state index contributed by atoms with van der Waals surface area (Å²) in [7, 11) is 0. The van der Waals surface area contributed by atoms with Crippen LogP contribution in [0.3, 0.4) is 0 Å². The number of hydrogen-bond acceptors (Lipinski definition) is 3. The van der Waals surface area contributed by atoms with E-state index < -0.39 is 0 Å². The van der Waals surface area contributed by atoms with Crippen LogP contribution in [-0.2, 0) is 17.9 Å². The molecule has 1 saturated heterocycles. The van der Waals surface area contributed by atoms with Crippen molar-refractivity contribution >= 4 is 22.6 Å². The van der Waals surface area contributed by atoms with Gasteiger partial charge in [0.2, 0.25) is 5.91 Å². The van der Waals surface area contributed by atoms with E-state index in [0.29, 0.717) is 31.7 Å². The molecule has 0 aliphatic carbocycles. The molecule has 1 aliphatic heterocycles. The molecule has 0 saturated carbocycles. The number of nitrogens with one attached hydrogen (secondary N) is 1. The lowest BCUT2D eigenvalue weighted by molar-refractivity contribution is -0.128. The van der Waals surface area contributed by atoms with Crippen LogP contribution in [-0.4, -0.2) is 39.1 Å². The molecular weight excluding hydrogens is 352 g/mol. The van der Waals surface area contributed by atoms with E-state index >= 15 is 0 Å². The van der Waals surface area contributed by atoms with Crippen molar-refractivity contribution in [2.45, 2.75) is 38.9 Å². The standard InChI is InChI=1S/C22H24N4O2/c1-2-12-26-20(10-11-23-26)22(28)24-18-13-21(27)25(15-18)14-17-8-5-7-16-6-3-4-9-19(16)17/h3-11,18H,2,12-15H2,1H3,(H,24,28)/t18-/m1/s1. The fraction of sp³-hybridized carbons (Fsp3) is 0.318. The maximum absolute atomic E-state index is 12.6. The number of amides is 2. The molecule has 28 heavy (non-hydrogen) atoms. The van der Waals surface area contributed by atoms with Crippen LogP contribution in [0.25, 0.3) is 10.8 Å². The molecule has 1 atom stereocenters. The fourth-order valence-electron chi connectivity index (χ4n) is 3.83. The first-order chi connectivity index (χ1) is 13.7. The van der Waals surface area contributed by atoms with Crippen LogP contribution >= 0.6 is 0 Å². The highest BCUT2D eigenvalue weighted by Gasteiger charge is 2.31. The van der Waals surface area contributed by atoms with E-state index in [4.69, 9.17) is 0 Å². The Labute approximate surface area is 164 Å². The average molecular weight is 376 g/mol. The first-order valence-corrected chi connectivity index (χ1v) is 9.73. The highest BCUT2D eigenvalue weighted by atomic mass is 16.2. The second kappa shape index (κ2) is 7.84. The molecule has 6 heteroatoms. The molecular formula is C22H24N4O2. The lowest BCUT2D eigenvalue weighted by atomic mass is 10.0. The van der Waals surface area contributed by atoms with Crippen LogP contribution in [0.5, 0.6) is 0 Å². The summed E-state index contributed by atoms with van der Waals surface area (Å²) in [6.45, 7) is 3.83. The monoisotopic (exact) mass is 376 g/mol. The van der Waals surface area contributed by atoms with Gasteiger partial charge in [0, 0.05) is 32.3 Å². The Hall–Kier alpha value is -3.15.